The summed E-state index contributed by atoms with van der Waals surface area (Å²) in [4.78, 5) is 34.9. The van der Waals surface area contributed by atoms with Crippen molar-refractivity contribution in [3.8, 4) is 23.0 Å². The number of rotatable bonds is 9. The van der Waals surface area contributed by atoms with Gasteiger partial charge in [-0.15, -0.1) is 0 Å². The van der Waals surface area contributed by atoms with E-state index in [-0.39, 0.29) is 23.5 Å². The molecule has 0 fully saturated rings. The molecule has 0 bridgehead atoms. The van der Waals surface area contributed by atoms with Gasteiger partial charge in [-0.3, -0.25) is 19.7 Å². The van der Waals surface area contributed by atoms with Crippen molar-refractivity contribution in [3.63, 3.8) is 0 Å². The minimum atomic E-state index is -0.649. The van der Waals surface area contributed by atoms with Crippen molar-refractivity contribution in [2.24, 2.45) is 0 Å². The molecule has 0 atom stereocenters. The van der Waals surface area contributed by atoms with Crippen LogP contribution in [0.5, 0.6) is 23.0 Å². The van der Waals surface area contributed by atoms with Gasteiger partial charge in [-0.25, -0.2) is 0 Å². The van der Waals surface area contributed by atoms with Gasteiger partial charge in [-0.2, -0.15) is 0 Å². The van der Waals surface area contributed by atoms with Crippen molar-refractivity contribution in [2.45, 2.75) is 0 Å². The van der Waals surface area contributed by atoms with Gasteiger partial charge in [0.2, 0.25) is 5.91 Å². The van der Waals surface area contributed by atoms with Crippen LogP contribution in [0.15, 0.2) is 66.7 Å². The van der Waals surface area contributed by atoms with E-state index in [9.17, 15) is 19.7 Å². The van der Waals surface area contributed by atoms with Crippen LogP contribution in [0.4, 0.5) is 11.4 Å². The Bertz CT molecular complexity index is 1160. The molecule has 10 heteroatoms. The van der Waals surface area contributed by atoms with E-state index in [0.29, 0.717) is 22.9 Å². The number of amides is 2. The SMILES string of the molecule is COc1ccccc1Oc1ccc(NC(=O)CNC(=O)c2ccc(OC)c([N+](=O)[O-])c2)cc1. The summed E-state index contributed by atoms with van der Waals surface area (Å²) < 4.78 is 15.9. The lowest BCUT2D eigenvalue weighted by molar-refractivity contribution is -0.385. The number of hydrogen-bond acceptors (Lipinski definition) is 7. The number of hydrogen-bond donors (Lipinski definition) is 2. The highest BCUT2D eigenvalue weighted by atomic mass is 16.6. The summed E-state index contributed by atoms with van der Waals surface area (Å²) in [6, 6.07) is 17.7. The lowest BCUT2D eigenvalue weighted by Crippen LogP contribution is -2.32. The van der Waals surface area contributed by atoms with Gasteiger partial charge in [0.05, 0.1) is 25.7 Å². The van der Waals surface area contributed by atoms with Crippen LogP contribution in [0.25, 0.3) is 0 Å². The molecular weight excluding hydrogens is 430 g/mol. The number of nitro benzene ring substituents is 1. The van der Waals surface area contributed by atoms with Gasteiger partial charge in [0.25, 0.3) is 5.91 Å². The first-order valence-electron chi connectivity index (χ1n) is 9.72. The van der Waals surface area contributed by atoms with Crippen LogP contribution in [0.2, 0.25) is 0 Å². The summed E-state index contributed by atoms with van der Waals surface area (Å²) >= 11 is 0. The first-order valence-corrected chi connectivity index (χ1v) is 9.72. The van der Waals surface area contributed by atoms with Crippen molar-refractivity contribution < 1.29 is 28.7 Å². The predicted octanol–water partition coefficient (Wildman–Crippen LogP) is 3.77. The molecule has 0 saturated heterocycles. The summed E-state index contributed by atoms with van der Waals surface area (Å²) in [6.07, 6.45) is 0. The van der Waals surface area contributed by atoms with E-state index in [1.54, 1.807) is 43.5 Å². The minimum absolute atomic E-state index is 0.0347. The molecule has 10 nitrogen and oxygen atoms in total. The van der Waals surface area contributed by atoms with E-state index in [0.717, 1.165) is 6.07 Å². The van der Waals surface area contributed by atoms with Gasteiger partial charge < -0.3 is 24.8 Å². The molecule has 2 N–H and O–H groups in total. The Morgan fingerprint density at radius 3 is 2.21 bits per heavy atom. The first-order chi connectivity index (χ1) is 15.9. The number of para-hydroxylation sites is 2. The van der Waals surface area contributed by atoms with E-state index >= 15 is 0 Å². The van der Waals surface area contributed by atoms with E-state index < -0.39 is 16.7 Å². The molecule has 170 valence electrons. The summed E-state index contributed by atoms with van der Waals surface area (Å²) in [7, 11) is 2.85. The Morgan fingerprint density at radius 2 is 1.58 bits per heavy atom. The summed E-state index contributed by atoms with van der Waals surface area (Å²) in [6.45, 7) is -0.321. The third kappa shape index (κ3) is 5.97. The topological polar surface area (TPSA) is 129 Å². The third-order valence-corrected chi connectivity index (χ3v) is 4.48. The molecule has 33 heavy (non-hydrogen) atoms. The zero-order chi connectivity index (χ0) is 23.8. The molecule has 3 aromatic rings. The van der Waals surface area contributed by atoms with E-state index in [1.165, 1.54) is 19.2 Å². The van der Waals surface area contributed by atoms with Crippen molar-refractivity contribution in [3.05, 3.63) is 82.4 Å². The molecule has 0 saturated carbocycles. The Hall–Kier alpha value is -4.60. The predicted molar refractivity (Wildman–Crippen MR) is 120 cm³/mol. The number of ether oxygens (including phenoxy) is 3. The molecule has 0 spiro atoms. The van der Waals surface area contributed by atoms with Gasteiger partial charge in [-0.1, -0.05) is 12.1 Å². The fraction of sp³-hybridized carbons (Fsp3) is 0.130. The minimum Gasteiger partial charge on any atom is -0.493 e. The third-order valence-electron chi connectivity index (χ3n) is 4.48. The maximum absolute atomic E-state index is 12.3. The Labute approximate surface area is 189 Å². The average molecular weight is 451 g/mol. The largest absolute Gasteiger partial charge is 0.493 e. The van der Waals surface area contributed by atoms with Crippen LogP contribution in [0.1, 0.15) is 10.4 Å². The van der Waals surface area contributed by atoms with E-state index in [4.69, 9.17) is 14.2 Å². The second-order valence-corrected chi connectivity index (χ2v) is 6.65. The van der Waals surface area contributed by atoms with E-state index in [1.807, 2.05) is 12.1 Å². The molecule has 0 heterocycles. The van der Waals surface area contributed by atoms with Gasteiger partial charge >= 0.3 is 5.69 Å². The summed E-state index contributed by atoms with van der Waals surface area (Å²) in [5.41, 5.74) is 0.194. The number of nitro groups is 1. The fourth-order valence-electron chi connectivity index (χ4n) is 2.88. The summed E-state index contributed by atoms with van der Waals surface area (Å²) in [5, 5.41) is 16.2. The second-order valence-electron chi connectivity index (χ2n) is 6.65. The van der Waals surface area contributed by atoms with Crippen LogP contribution >= 0.6 is 0 Å². The molecule has 0 aromatic heterocycles. The zero-order valence-corrected chi connectivity index (χ0v) is 17.9. The smallest absolute Gasteiger partial charge is 0.311 e. The maximum atomic E-state index is 12.3. The lowest BCUT2D eigenvalue weighted by Gasteiger charge is -2.11. The Kier molecular flexibility index (Phi) is 7.43. The molecule has 0 unspecified atom stereocenters. The molecule has 0 aliphatic carbocycles. The zero-order valence-electron chi connectivity index (χ0n) is 17.9. The lowest BCUT2D eigenvalue weighted by atomic mass is 10.1. The average Bonchev–Trinajstić information content (AvgIpc) is 2.83. The van der Waals surface area contributed by atoms with Gasteiger partial charge in [0, 0.05) is 17.3 Å². The maximum Gasteiger partial charge on any atom is 0.311 e. The van der Waals surface area contributed by atoms with Gasteiger partial charge in [0.15, 0.2) is 17.2 Å². The van der Waals surface area contributed by atoms with Crippen LogP contribution in [-0.2, 0) is 4.79 Å². The first kappa shape index (κ1) is 23.1. The quantitative estimate of drug-likeness (QED) is 0.374. The van der Waals surface area contributed by atoms with Crippen molar-refractivity contribution in [2.75, 3.05) is 26.1 Å². The summed E-state index contributed by atoms with van der Waals surface area (Å²) in [5.74, 6) is 0.631. The number of carbonyl (C=O) groups is 2. The second kappa shape index (κ2) is 10.6. The molecule has 0 aliphatic rings. The number of nitrogens with zero attached hydrogens (tertiary/aromatic N) is 1. The highest BCUT2D eigenvalue weighted by Gasteiger charge is 2.18. The molecular formula is C23H21N3O7. The fourth-order valence-corrected chi connectivity index (χ4v) is 2.88. The Morgan fingerprint density at radius 1 is 0.909 bits per heavy atom. The monoisotopic (exact) mass is 451 g/mol. The number of anilines is 1. The van der Waals surface area contributed by atoms with Crippen LogP contribution in [0, 0.1) is 10.1 Å². The highest BCUT2D eigenvalue weighted by molar-refractivity contribution is 5.99. The molecule has 2 amide bonds. The standard InChI is InChI=1S/C23H21N3O7/c1-31-19-12-7-15(13-18(19)26(29)30)23(28)24-14-22(27)25-16-8-10-17(11-9-16)33-21-6-4-3-5-20(21)32-2/h3-13H,14H2,1-2H3,(H,24,28)(H,25,27). The number of carbonyl (C=O) groups excluding carboxylic acids is 2. The Balaban J connectivity index is 1.55. The van der Waals surface area contributed by atoms with Crippen LogP contribution in [0.3, 0.4) is 0 Å². The molecule has 3 rings (SSSR count). The van der Waals surface area contributed by atoms with Gasteiger partial charge in [0.1, 0.15) is 5.75 Å². The molecule has 0 radical (unpaired) electrons. The van der Waals surface area contributed by atoms with Crippen molar-refractivity contribution in [1.82, 2.24) is 5.32 Å². The molecule has 3 aromatic carbocycles. The van der Waals surface area contributed by atoms with Gasteiger partial charge in [-0.05, 0) is 48.5 Å². The van der Waals surface area contributed by atoms with Crippen molar-refractivity contribution in [1.29, 1.82) is 0 Å². The number of nitrogens with one attached hydrogen (secondary N) is 2. The molecule has 0 aliphatic heterocycles. The normalized spacial score (nSPS) is 10.1. The number of methoxy groups -OCH3 is 2. The number of benzene rings is 3. The van der Waals surface area contributed by atoms with Crippen molar-refractivity contribution >= 4 is 23.2 Å². The highest BCUT2D eigenvalue weighted by Crippen LogP contribution is 2.31. The van der Waals surface area contributed by atoms with Crippen LogP contribution < -0.4 is 24.8 Å². The van der Waals surface area contributed by atoms with Crippen LogP contribution in [-0.4, -0.2) is 37.5 Å². The van der Waals surface area contributed by atoms with E-state index in [2.05, 4.69) is 10.6 Å².